The summed E-state index contributed by atoms with van der Waals surface area (Å²) in [7, 11) is 1.96. The molecule has 3 rings (SSSR count). The fraction of sp³-hybridized carbons (Fsp3) is 0.308. The molecule has 0 bridgehead atoms. The van der Waals surface area contributed by atoms with Gasteiger partial charge in [0.15, 0.2) is 11.5 Å². The Morgan fingerprint density at radius 2 is 2.06 bits per heavy atom. The molecule has 94 valence electrons. The van der Waals surface area contributed by atoms with Gasteiger partial charge in [0.25, 0.3) is 0 Å². The van der Waals surface area contributed by atoms with Crippen molar-refractivity contribution in [2.75, 3.05) is 6.79 Å². The highest BCUT2D eigenvalue weighted by molar-refractivity contribution is 5.70. The number of rotatable bonds is 2. The lowest BCUT2D eigenvalue weighted by Gasteiger charge is -2.10. The van der Waals surface area contributed by atoms with Crippen molar-refractivity contribution < 1.29 is 9.47 Å². The van der Waals surface area contributed by atoms with E-state index in [0.717, 1.165) is 34.0 Å². The lowest BCUT2D eigenvalue weighted by molar-refractivity contribution is 0.174. The molecule has 0 amide bonds. The summed E-state index contributed by atoms with van der Waals surface area (Å²) in [6, 6.07) is 3.98. The van der Waals surface area contributed by atoms with Crippen LogP contribution in [-0.4, -0.2) is 16.3 Å². The van der Waals surface area contributed by atoms with E-state index >= 15 is 0 Å². The second kappa shape index (κ2) is 4.03. The Labute approximate surface area is 105 Å². The molecule has 5 nitrogen and oxygen atoms in total. The number of benzene rings is 1. The molecule has 2 N–H and O–H groups in total. The minimum absolute atomic E-state index is 0.285. The Morgan fingerprint density at radius 3 is 2.78 bits per heavy atom. The van der Waals surface area contributed by atoms with Crippen molar-refractivity contribution in [2.24, 2.45) is 12.8 Å². The molecule has 18 heavy (non-hydrogen) atoms. The fourth-order valence-corrected chi connectivity index (χ4v) is 2.27. The van der Waals surface area contributed by atoms with Gasteiger partial charge in [0.1, 0.15) is 0 Å². The average molecular weight is 245 g/mol. The minimum atomic E-state index is 0.285. The van der Waals surface area contributed by atoms with Crippen molar-refractivity contribution >= 4 is 0 Å². The highest BCUT2D eigenvalue weighted by Crippen LogP contribution is 2.38. The second-order valence-electron chi connectivity index (χ2n) is 4.38. The number of nitrogens with two attached hydrogens (primary N) is 1. The predicted octanol–water partition coefficient (Wildman–Crippen LogP) is 1.58. The van der Waals surface area contributed by atoms with Gasteiger partial charge >= 0.3 is 0 Å². The number of fused-ring (bicyclic) bond motifs is 1. The van der Waals surface area contributed by atoms with E-state index < -0.39 is 0 Å². The normalized spacial score (nSPS) is 13.1. The Kier molecular flexibility index (Phi) is 2.48. The highest BCUT2D eigenvalue weighted by Gasteiger charge is 2.19. The van der Waals surface area contributed by atoms with Gasteiger partial charge < -0.3 is 19.8 Å². The molecule has 0 unspecified atom stereocenters. The summed E-state index contributed by atoms with van der Waals surface area (Å²) in [5.41, 5.74) is 9.86. The summed E-state index contributed by atoms with van der Waals surface area (Å²) in [4.78, 5) is 4.31. The van der Waals surface area contributed by atoms with Crippen LogP contribution in [0.3, 0.4) is 0 Å². The largest absolute Gasteiger partial charge is 0.454 e. The molecule has 0 spiro atoms. The van der Waals surface area contributed by atoms with Crippen LogP contribution in [0.4, 0.5) is 0 Å². The zero-order valence-corrected chi connectivity index (χ0v) is 10.4. The van der Waals surface area contributed by atoms with Gasteiger partial charge in [-0.2, -0.15) is 0 Å². The van der Waals surface area contributed by atoms with Crippen LogP contribution in [-0.2, 0) is 13.6 Å². The lowest BCUT2D eigenvalue weighted by Crippen LogP contribution is -2.01. The quantitative estimate of drug-likeness (QED) is 0.872. The van der Waals surface area contributed by atoms with Crippen LogP contribution in [0.15, 0.2) is 18.5 Å². The van der Waals surface area contributed by atoms with E-state index in [0.29, 0.717) is 6.54 Å². The van der Waals surface area contributed by atoms with Gasteiger partial charge in [-0.05, 0) is 24.6 Å². The molecular weight excluding hydrogens is 230 g/mol. The van der Waals surface area contributed by atoms with Crippen molar-refractivity contribution in [1.29, 1.82) is 0 Å². The van der Waals surface area contributed by atoms with Gasteiger partial charge in [-0.25, -0.2) is 4.98 Å². The third-order valence-corrected chi connectivity index (χ3v) is 3.18. The van der Waals surface area contributed by atoms with Crippen molar-refractivity contribution in [3.8, 4) is 22.8 Å². The Morgan fingerprint density at radius 1 is 1.33 bits per heavy atom. The first-order valence-electron chi connectivity index (χ1n) is 5.81. The standard InChI is InChI=1S/C13H15N3O2/c1-8-3-11-12(18-7-17-11)4-9(8)13-10(5-14)15-6-16(13)2/h3-4,6H,5,7,14H2,1-2H3. The predicted molar refractivity (Wildman–Crippen MR) is 67.4 cm³/mol. The molecule has 1 aliphatic rings. The summed E-state index contributed by atoms with van der Waals surface area (Å²) in [6.07, 6.45) is 1.78. The van der Waals surface area contributed by atoms with E-state index in [2.05, 4.69) is 4.98 Å². The topological polar surface area (TPSA) is 62.3 Å². The number of imidazole rings is 1. The Hall–Kier alpha value is -2.01. The van der Waals surface area contributed by atoms with Crippen molar-refractivity contribution in [3.63, 3.8) is 0 Å². The van der Waals surface area contributed by atoms with E-state index in [9.17, 15) is 0 Å². The van der Waals surface area contributed by atoms with Gasteiger partial charge in [-0.3, -0.25) is 0 Å². The highest BCUT2D eigenvalue weighted by atomic mass is 16.7. The summed E-state index contributed by atoms with van der Waals surface area (Å²) < 4.78 is 12.8. The minimum Gasteiger partial charge on any atom is -0.454 e. The maximum Gasteiger partial charge on any atom is 0.231 e. The van der Waals surface area contributed by atoms with Crippen LogP contribution in [0.1, 0.15) is 11.3 Å². The molecule has 1 aliphatic heterocycles. The van der Waals surface area contributed by atoms with E-state index in [-0.39, 0.29) is 6.79 Å². The number of ether oxygens (including phenoxy) is 2. The van der Waals surface area contributed by atoms with Crippen molar-refractivity contribution in [1.82, 2.24) is 9.55 Å². The summed E-state index contributed by atoms with van der Waals surface area (Å²) in [5, 5.41) is 0. The molecule has 0 saturated heterocycles. The van der Waals surface area contributed by atoms with Crippen molar-refractivity contribution in [2.45, 2.75) is 13.5 Å². The zero-order chi connectivity index (χ0) is 12.7. The first-order chi connectivity index (χ1) is 8.70. The van der Waals surface area contributed by atoms with Crippen LogP contribution in [0.2, 0.25) is 0 Å². The van der Waals surface area contributed by atoms with Crippen molar-refractivity contribution in [3.05, 3.63) is 29.7 Å². The van der Waals surface area contributed by atoms with E-state index in [1.165, 1.54) is 0 Å². The molecule has 1 aromatic carbocycles. The van der Waals surface area contributed by atoms with Crippen LogP contribution < -0.4 is 15.2 Å². The van der Waals surface area contributed by atoms with Gasteiger partial charge in [0.2, 0.25) is 6.79 Å². The molecule has 0 saturated carbocycles. The number of hydrogen-bond donors (Lipinski definition) is 1. The smallest absolute Gasteiger partial charge is 0.231 e. The molecule has 0 atom stereocenters. The molecule has 5 heteroatoms. The van der Waals surface area contributed by atoms with Gasteiger partial charge in [-0.15, -0.1) is 0 Å². The maximum atomic E-state index is 5.73. The zero-order valence-electron chi connectivity index (χ0n) is 10.4. The third-order valence-electron chi connectivity index (χ3n) is 3.18. The average Bonchev–Trinajstić information content (AvgIpc) is 2.94. The number of aromatic nitrogens is 2. The summed E-state index contributed by atoms with van der Waals surface area (Å²) in [6.45, 7) is 2.75. The first kappa shape index (κ1) is 11.1. The fourth-order valence-electron chi connectivity index (χ4n) is 2.27. The van der Waals surface area contributed by atoms with Crippen LogP contribution in [0, 0.1) is 6.92 Å². The SMILES string of the molecule is Cc1cc2c(cc1-c1c(CN)ncn1C)OCO2. The molecule has 2 heterocycles. The van der Waals surface area contributed by atoms with Crippen LogP contribution in [0.25, 0.3) is 11.3 Å². The van der Waals surface area contributed by atoms with Crippen LogP contribution in [0.5, 0.6) is 11.5 Å². The second-order valence-corrected chi connectivity index (χ2v) is 4.38. The number of nitrogens with zero attached hydrogens (tertiary/aromatic N) is 2. The Balaban J connectivity index is 2.20. The van der Waals surface area contributed by atoms with E-state index in [4.69, 9.17) is 15.2 Å². The van der Waals surface area contributed by atoms with E-state index in [1.807, 2.05) is 30.7 Å². The Bertz CT molecular complexity index is 605. The lowest BCUT2D eigenvalue weighted by atomic mass is 10.0. The molecule has 0 fully saturated rings. The third kappa shape index (κ3) is 1.55. The number of aryl methyl sites for hydroxylation is 2. The van der Waals surface area contributed by atoms with Crippen LogP contribution >= 0.6 is 0 Å². The van der Waals surface area contributed by atoms with Gasteiger partial charge in [0, 0.05) is 19.2 Å². The monoisotopic (exact) mass is 245 g/mol. The molecular formula is C13H15N3O2. The number of hydrogen-bond acceptors (Lipinski definition) is 4. The molecule has 0 aliphatic carbocycles. The van der Waals surface area contributed by atoms with Gasteiger partial charge in [0.05, 0.1) is 17.7 Å². The first-order valence-corrected chi connectivity index (χ1v) is 5.81. The summed E-state index contributed by atoms with van der Waals surface area (Å²) in [5.74, 6) is 1.58. The summed E-state index contributed by atoms with van der Waals surface area (Å²) >= 11 is 0. The van der Waals surface area contributed by atoms with Gasteiger partial charge in [-0.1, -0.05) is 0 Å². The van der Waals surface area contributed by atoms with E-state index in [1.54, 1.807) is 6.33 Å². The molecule has 0 radical (unpaired) electrons. The maximum absolute atomic E-state index is 5.73. The molecule has 1 aromatic heterocycles. The molecule has 2 aromatic rings.